The molecule has 2 unspecified atom stereocenters. The molecule has 2 atom stereocenters. The molecule has 118 valence electrons. The van der Waals surface area contributed by atoms with Gasteiger partial charge in [-0.05, 0) is 43.0 Å². The fourth-order valence-electron chi connectivity index (χ4n) is 2.57. The van der Waals surface area contributed by atoms with E-state index in [1.54, 1.807) is 6.07 Å². The number of rotatable bonds is 7. The average Bonchev–Trinajstić information content (AvgIpc) is 2.52. The fraction of sp³-hybridized carbons (Fsp3) is 0.333. The van der Waals surface area contributed by atoms with Crippen LogP contribution >= 0.6 is 11.6 Å². The molecular weight excluding hydrogens is 301 g/mol. The molecule has 0 aliphatic carbocycles. The van der Waals surface area contributed by atoms with Gasteiger partial charge < -0.3 is 10.4 Å². The zero-order valence-electron chi connectivity index (χ0n) is 12.6. The van der Waals surface area contributed by atoms with Crippen LogP contribution in [-0.4, -0.2) is 11.7 Å². The number of hydrogen-bond acceptors (Lipinski definition) is 2. The second-order valence-electron chi connectivity index (χ2n) is 5.38. The lowest BCUT2D eigenvalue weighted by molar-refractivity contribution is 0.272. The fourth-order valence-corrected chi connectivity index (χ4v) is 2.90. The predicted molar refractivity (Wildman–Crippen MR) is 88.5 cm³/mol. The van der Waals surface area contributed by atoms with Gasteiger partial charge in [-0.2, -0.15) is 0 Å². The minimum atomic E-state index is -0.333. The van der Waals surface area contributed by atoms with Crippen molar-refractivity contribution in [2.45, 2.75) is 31.8 Å². The summed E-state index contributed by atoms with van der Waals surface area (Å²) in [7, 11) is 0. The molecule has 0 saturated carbocycles. The average molecular weight is 322 g/mol. The summed E-state index contributed by atoms with van der Waals surface area (Å²) in [4.78, 5) is 0. The Kier molecular flexibility index (Phi) is 6.37. The van der Waals surface area contributed by atoms with E-state index >= 15 is 0 Å². The van der Waals surface area contributed by atoms with E-state index in [9.17, 15) is 4.39 Å². The quantitative estimate of drug-likeness (QED) is 0.778. The molecule has 0 aliphatic heterocycles. The molecule has 0 heterocycles. The SMILES string of the molecule is CC(NC(CCCO)c1ccccc1)c1ccc(F)cc1Cl. The molecule has 0 fully saturated rings. The van der Waals surface area contributed by atoms with Gasteiger partial charge in [0.25, 0.3) is 0 Å². The highest BCUT2D eigenvalue weighted by Crippen LogP contribution is 2.27. The lowest BCUT2D eigenvalue weighted by Gasteiger charge is -2.24. The maximum atomic E-state index is 13.2. The second kappa shape index (κ2) is 8.28. The molecule has 0 aliphatic rings. The Bertz CT molecular complexity index is 591. The van der Waals surface area contributed by atoms with Crippen LogP contribution in [0.1, 0.15) is 43.0 Å². The van der Waals surface area contributed by atoms with Gasteiger partial charge in [0.2, 0.25) is 0 Å². The molecule has 2 rings (SSSR count). The van der Waals surface area contributed by atoms with E-state index in [1.807, 2.05) is 25.1 Å². The Morgan fingerprint density at radius 2 is 1.91 bits per heavy atom. The first-order valence-electron chi connectivity index (χ1n) is 7.48. The minimum absolute atomic E-state index is 0.0167. The highest BCUT2D eigenvalue weighted by Gasteiger charge is 2.17. The third-order valence-corrected chi connectivity index (χ3v) is 4.06. The Hall–Kier alpha value is -1.42. The van der Waals surface area contributed by atoms with Gasteiger partial charge in [0.1, 0.15) is 5.82 Å². The molecule has 0 saturated heterocycles. The maximum Gasteiger partial charge on any atom is 0.124 e. The molecule has 2 nitrogen and oxygen atoms in total. The second-order valence-corrected chi connectivity index (χ2v) is 5.79. The maximum absolute atomic E-state index is 13.2. The highest BCUT2D eigenvalue weighted by atomic mass is 35.5. The van der Waals surface area contributed by atoms with Gasteiger partial charge in [-0.15, -0.1) is 0 Å². The summed E-state index contributed by atoms with van der Waals surface area (Å²) in [5, 5.41) is 13.0. The summed E-state index contributed by atoms with van der Waals surface area (Å²) in [6.45, 7) is 2.17. The van der Waals surface area contributed by atoms with Gasteiger partial charge in [-0.1, -0.05) is 48.0 Å². The molecule has 0 amide bonds. The van der Waals surface area contributed by atoms with Gasteiger partial charge >= 0.3 is 0 Å². The minimum Gasteiger partial charge on any atom is -0.396 e. The van der Waals surface area contributed by atoms with Crippen molar-refractivity contribution in [1.29, 1.82) is 0 Å². The van der Waals surface area contributed by atoms with Crippen molar-refractivity contribution in [2.24, 2.45) is 0 Å². The number of nitrogens with one attached hydrogen (secondary N) is 1. The van der Waals surface area contributed by atoms with Crippen molar-refractivity contribution in [2.75, 3.05) is 6.61 Å². The van der Waals surface area contributed by atoms with Crippen molar-refractivity contribution in [3.63, 3.8) is 0 Å². The summed E-state index contributed by atoms with van der Waals surface area (Å²) in [5.41, 5.74) is 2.04. The van der Waals surface area contributed by atoms with E-state index in [4.69, 9.17) is 16.7 Å². The Balaban J connectivity index is 2.15. The topological polar surface area (TPSA) is 32.3 Å². The molecule has 0 aromatic heterocycles. The van der Waals surface area contributed by atoms with Gasteiger partial charge in [0, 0.05) is 23.7 Å². The molecule has 0 bridgehead atoms. The molecule has 4 heteroatoms. The number of aliphatic hydroxyl groups excluding tert-OH is 1. The smallest absolute Gasteiger partial charge is 0.124 e. The van der Waals surface area contributed by atoms with Gasteiger partial charge in [-0.25, -0.2) is 4.39 Å². The first-order chi connectivity index (χ1) is 10.6. The van der Waals surface area contributed by atoms with Gasteiger partial charge in [0.15, 0.2) is 0 Å². The number of halogens is 2. The number of aliphatic hydroxyl groups is 1. The van der Waals surface area contributed by atoms with Crippen LogP contribution in [0, 0.1) is 5.82 Å². The third kappa shape index (κ3) is 4.54. The van der Waals surface area contributed by atoms with Crippen molar-refractivity contribution >= 4 is 11.6 Å². The van der Waals surface area contributed by atoms with Crippen molar-refractivity contribution < 1.29 is 9.50 Å². The first kappa shape index (κ1) is 16.9. The number of benzene rings is 2. The summed E-state index contributed by atoms with van der Waals surface area (Å²) in [5.74, 6) is -0.333. The predicted octanol–water partition coefficient (Wildman–Crippen LogP) is 4.64. The summed E-state index contributed by atoms with van der Waals surface area (Å²) in [6.07, 6.45) is 1.54. The molecular formula is C18H21ClFNO. The lowest BCUT2D eigenvalue weighted by atomic mass is 9.99. The van der Waals surface area contributed by atoms with Crippen LogP contribution in [0.2, 0.25) is 5.02 Å². The van der Waals surface area contributed by atoms with Crippen LogP contribution in [-0.2, 0) is 0 Å². The zero-order valence-corrected chi connectivity index (χ0v) is 13.4. The van der Waals surface area contributed by atoms with Crippen LogP contribution < -0.4 is 5.32 Å². The van der Waals surface area contributed by atoms with E-state index in [0.29, 0.717) is 5.02 Å². The number of hydrogen-bond donors (Lipinski definition) is 2. The standard InChI is InChI=1S/C18H21ClFNO/c1-13(16-10-9-15(20)12-17(16)19)21-18(8-5-11-22)14-6-3-2-4-7-14/h2-4,6-7,9-10,12-13,18,21-22H,5,8,11H2,1H3. The summed E-state index contributed by atoms with van der Waals surface area (Å²) >= 11 is 6.14. The van der Waals surface area contributed by atoms with Crippen molar-refractivity contribution in [1.82, 2.24) is 5.32 Å². The molecule has 22 heavy (non-hydrogen) atoms. The largest absolute Gasteiger partial charge is 0.396 e. The van der Waals surface area contributed by atoms with E-state index < -0.39 is 0 Å². The van der Waals surface area contributed by atoms with E-state index in [-0.39, 0.29) is 24.5 Å². The van der Waals surface area contributed by atoms with E-state index in [1.165, 1.54) is 17.7 Å². The molecule has 2 N–H and O–H groups in total. The van der Waals surface area contributed by atoms with Crippen LogP contribution in [0.25, 0.3) is 0 Å². The van der Waals surface area contributed by atoms with E-state index in [2.05, 4.69) is 17.4 Å². The Morgan fingerprint density at radius 3 is 2.55 bits per heavy atom. The Labute approximate surface area is 135 Å². The molecule has 2 aromatic carbocycles. The van der Waals surface area contributed by atoms with Crippen LogP contribution in [0.4, 0.5) is 4.39 Å². The summed E-state index contributed by atoms with van der Waals surface area (Å²) in [6, 6.07) is 14.7. The molecule has 0 spiro atoms. The lowest BCUT2D eigenvalue weighted by Crippen LogP contribution is -2.25. The van der Waals surface area contributed by atoms with Crippen LogP contribution in [0.5, 0.6) is 0 Å². The van der Waals surface area contributed by atoms with Gasteiger partial charge in [-0.3, -0.25) is 0 Å². The monoisotopic (exact) mass is 321 g/mol. The zero-order chi connectivity index (χ0) is 15.9. The molecule has 0 radical (unpaired) electrons. The van der Waals surface area contributed by atoms with E-state index in [0.717, 1.165) is 18.4 Å². The summed E-state index contributed by atoms with van der Waals surface area (Å²) < 4.78 is 13.2. The third-order valence-electron chi connectivity index (χ3n) is 3.73. The highest BCUT2D eigenvalue weighted by molar-refractivity contribution is 6.31. The normalized spacial score (nSPS) is 13.8. The van der Waals surface area contributed by atoms with Crippen molar-refractivity contribution in [3.8, 4) is 0 Å². The van der Waals surface area contributed by atoms with Crippen molar-refractivity contribution in [3.05, 3.63) is 70.5 Å². The Morgan fingerprint density at radius 1 is 1.18 bits per heavy atom. The van der Waals surface area contributed by atoms with Crippen LogP contribution in [0.3, 0.4) is 0 Å². The molecule has 2 aromatic rings. The van der Waals surface area contributed by atoms with Crippen LogP contribution in [0.15, 0.2) is 48.5 Å². The first-order valence-corrected chi connectivity index (χ1v) is 7.86. The van der Waals surface area contributed by atoms with Gasteiger partial charge in [0.05, 0.1) is 0 Å².